The largest absolute Gasteiger partial charge is 1.00 e. The van der Waals surface area contributed by atoms with Gasteiger partial charge in [-0.25, -0.2) is 0 Å². The molecule has 0 amide bonds. The highest BCUT2D eigenvalue weighted by Gasteiger charge is 2.27. The Kier molecular flexibility index (Phi) is 17.5. The lowest BCUT2D eigenvalue weighted by Gasteiger charge is -2.40. The van der Waals surface area contributed by atoms with Crippen LogP contribution in [0.3, 0.4) is 0 Å². The Morgan fingerprint density at radius 1 is 0.690 bits per heavy atom. The lowest BCUT2D eigenvalue weighted by molar-refractivity contribution is -0.941. The van der Waals surface area contributed by atoms with Crippen molar-refractivity contribution in [3.05, 3.63) is 42.0 Å². The molecule has 0 saturated carbocycles. The minimum absolute atomic E-state index is 0. The van der Waals surface area contributed by atoms with E-state index in [1.165, 1.54) is 119 Å². The summed E-state index contributed by atoms with van der Waals surface area (Å²) in [5, 5.41) is 0. The van der Waals surface area contributed by atoms with E-state index in [1.807, 2.05) is 0 Å². The molecule has 0 aliphatic carbocycles. The zero-order valence-electron chi connectivity index (χ0n) is 19.7. The summed E-state index contributed by atoms with van der Waals surface area (Å²) in [6.07, 6.45) is 18.5. The van der Waals surface area contributed by atoms with E-state index in [0.717, 1.165) is 0 Å². The average molecular weight is 422 g/mol. The van der Waals surface area contributed by atoms with Gasteiger partial charge >= 0.3 is 0 Å². The molecule has 0 spiro atoms. The Morgan fingerprint density at radius 2 is 1.14 bits per heavy atom. The predicted molar refractivity (Wildman–Crippen MR) is 128 cm³/mol. The van der Waals surface area contributed by atoms with E-state index in [0.29, 0.717) is 0 Å². The Labute approximate surface area is 189 Å². The standard InChI is InChI=1S/C27H48N.ClH/c1-5-9-12-17-22-28(23-18-13-10-6-2,24-19-14-11-7-3)25-27-21-16-15-20-26(27)8-4;/h8,15-16,20-21H,4-7,9-14,17-19,22-25H2,1-3H3;1H/q+1;/p-1. The van der Waals surface area contributed by atoms with Gasteiger partial charge in [0.1, 0.15) is 6.54 Å². The molecule has 1 aromatic rings. The molecule has 1 aromatic carbocycles. The number of hydrogen-bond acceptors (Lipinski definition) is 0. The van der Waals surface area contributed by atoms with Crippen molar-refractivity contribution in [3.8, 4) is 0 Å². The molecule has 0 saturated heterocycles. The monoisotopic (exact) mass is 421 g/mol. The fraction of sp³-hybridized carbons (Fsp3) is 0.704. The third-order valence-electron chi connectivity index (χ3n) is 6.24. The van der Waals surface area contributed by atoms with Gasteiger partial charge in [-0.05, 0) is 44.1 Å². The minimum atomic E-state index is 0. The van der Waals surface area contributed by atoms with Crippen molar-refractivity contribution in [2.75, 3.05) is 19.6 Å². The molecule has 0 unspecified atom stereocenters. The molecule has 0 aromatic heterocycles. The van der Waals surface area contributed by atoms with Crippen molar-refractivity contribution in [2.24, 2.45) is 0 Å². The SMILES string of the molecule is C=Cc1ccccc1C[N+](CCCCCC)(CCCCCC)CCCCCC.[Cl-]. The van der Waals surface area contributed by atoms with Crippen molar-refractivity contribution in [1.82, 2.24) is 0 Å². The van der Waals surface area contributed by atoms with Gasteiger partial charge in [0, 0.05) is 5.56 Å². The summed E-state index contributed by atoms with van der Waals surface area (Å²) in [7, 11) is 0. The lowest BCUT2D eigenvalue weighted by Crippen LogP contribution is -3.00. The van der Waals surface area contributed by atoms with Gasteiger partial charge in [0.05, 0.1) is 19.6 Å². The maximum absolute atomic E-state index is 4.07. The van der Waals surface area contributed by atoms with E-state index in [2.05, 4.69) is 57.7 Å². The highest BCUT2D eigenvalue weighted by molar-refractivity contribution is 5.51. The number of unbranched alkanes of at least 4 members (excludes halogenated alkanes) is 9. The first-order valence-electron chi connectivity index (χ1n) is 12.3. The van der Waals surface area contributed by atoms with Crippen LogP contribution in [0, 0.1) is 0 Å². The topological polar surface area (TPSA) is 0 Å². The summed E-state index contributed by atoms with van der Waals surface area (Å²) in [5.74, 6) is 0. The second-order valence-electron chi connectivity index (χ2n) is 8.76. The van der Waals surface area contributed by atoms with Crippen LogP contribution in [-0.2, 0) is 6.54 Å². The third-order valence-corrected chi connectivity index (χ3v) is 6.24. The molecule has 0 bridgehead atoms. The molecule has 0 atom stereocenters. The van der Waals surface area contributed by atoms with Gasteiger partial charge in [-0.3, -0.25) is 0 Å². The molecule has 0 fully saturated rings. The van der Waals surface area contributed by atoms with Crippen LogP contribution >= 0.6 is 0 Å². The zero-order valence-corrected chi connectivity index (χ0v) is 20.5. The molecule has 0 N–H and O–H groups in total. The molecule has 0 heterocycles. The maximum atomic E-state index is 4.07. The van der Waals surface area contributed by atoms with Crippen LogP contribution in [0.4, 0.5) is 0 Å². The van der Waals surface area contributed by atoms with Crippen molar-refractivity contribution >= 4 is 6.08 Å². The number of rotatable bonds is 18. The molecule has 0 aliphatic heterocycles. The molecule has 1 rings (SSSR count). The van der Waals surface area contributed by atoms with Gasteiger partial charge in [-0.1, -0.05) is 96.2 Å². The summed E-state index contributed by atoms with van der Waals surface area (Å²) in [5.41, 5.74) is 2.83. The molecule has 0 aliphatic rings. The van der Waals surface area contributed by atoms with Gasteiger partial charge in [0.2, 0.25) is 0 Å². The van der Waals surface area contributed by atoms with Crippen LogP contribution < -0.4 is 12.4 Å². The Bertz CT molecular complexity index is 480. The van der Waals surface area contributed by atoms with Crippen LogP contribution in [0.25, 0.3) is 6.08 Å². The van der Waals surface area contributed by atoms with Gasteiger partial charge in [0.15, 0.2) is 0 Å². The van der Waals surface area contributed by atoms with E-state index in [9.17, 15) is 0 Å². The van der Waals surface area contributed by atoms with Gasteiger partial charge < -0.3 is 16.9 Å². The second kappa shape index (κ2) is 18.0. The van der Waals surface area contributed by atoms with Crippen LogP contribution in [0.1, 0.15) is 109 Å². The molecule has 168 valence electrons. The normalized spacial score (nSPS) is 11.3. The summed E-state index contributed by atoms with van der Waals surface area (Å²) in [6, 6.07) is 8.94. The molecule has 0 radical (unpaired) electrons. The van der Waals surface area contributed by atoms with Crippen molar-refractivity contribution < 1.29 is 16.9 Å². The van der Waals surface area contributed by atoms with E-state index in [1.54, 1.807) is 0 Å². The van der Waals surface area contributed by atoms with Crippen LogP contribution in [0.15, 0.2) is 30.8 Å². The summed E-state index contributed by atoms with van der Waals surface area (Å²) in [6.45, 7) is 16.3. The van der Waals surface area contributed by atoms with E-state index >= 15 is 0 Å². The van der Waals surface area contributed by atoms with Crippen molar-refractivity contribution in [3.63, 3.8) is 0 Å². The molecular weight excluding hydrogens is 374 g/mol. The van der Waals surface area contributed by atoms with Crippen LogP contribution in [0.2, 0.25) is 0 Å². The Balaban J connectivity index is 0.00000784. The number of hydrogen-bond donors (Lipinski definition) is 0. The fourth-order valence-corrected chi connectivity index (χ4v) is 4.43. The summed E-state index contributed by atoms with van der Waals surface area (Å²) >= 11 is 0. The fourth-order valence-electron chi connectivity index (χ4n) is 4.43. The van der Waals surface area contributed by atoms with Gasteiger partial charge in [-0.2, -0.15) is 0 Å². The Morgan fingerprint density at radius 3 is 1.55 bits per heavy atom. The predicted octanol–water partition coefficient (Wildman–Crippen LogP) is 5.39. The highest BCUT2D eigenvalue weighted by Crippen LogP contribution is 2.24. The quantitative estimate of drug-likeness (QED) is 0.220. The number of quaternary nitrogens is 1. The van der Waals surface area contributed by atoms with Crippen molar-refractivity contribution in [1.29, 1.82) is 0 Å². The second-order valence-corrected chi connectivity index (χ2v) is 8.76. The minimum Gasteiger partial charge on any atom is -1.00 e. The van der Waals surface area contributed by atoms with Crippen LogP contribution in [0.5, 0.6) is 0 Å². The third kappa shape index (κ3) is 11.8. The van der Waals surface area contributed by atoms with E-state index < -0.39 is 0 Å². The van der Waals surface area contributed by atoms with E-state index in [4.69, 9.17) is 0 Å². The van der Waals surface area contributed by atoms with Gasteiger partial charge in [-0.15, -0.1) is 0 Å². The number of halogens is 1. The highest BCUT2D eigenvalue weighted by atomic mass is 35.5. The molecule has 2 heteroatoms. The first-order valence-corrected chi connectivity index (χ1v) is 12.3. The summed E-state index contributed by atoms with van der Waals surface area (Å²) in [4.78, 5) is 0. The van der Waals surface area contributed by atoms with Crippen LogP contribution in [-0.4, -0.2) is 24.1 Å². The molecule has 1 nitrogen and oxygen atoms in total. The molecular formula is C27H48ClN. The first kappa shape index (κ1) is 28.2. The smallest absolute Gasteiger partial charge is 0.105 e. The number of benzene rings is 1. The zero-order chi connectivity index (χ0) is 20.5. The van der Waals surface area contributed by atoms with Gasteiger partial charge in [0.25, 0.3) is 0 Å². The Hall–Kier alpha value is -0.790. The first-order chi connectivity index (χ1) is 13.7. The van der Waals surface area contributed by atoms with E-state index in [-0.39, 0.29) is 12.4 Å². The summed E-state index contributed by atoms with van der Waals surface area (Å²) < 4.78 is 1.29. The molecule has 29 heavy (non-hydrogen) atoms. The maximum Gasteiger partial charge on any atom is 0.105 e. The number of nitrogens with zero attached hydrogens (tertiary/aromatic N) is 1. The lowest BCUT2D eigenvalue weighted by atomic mass is 10.0. The average Bonchev–Trinajstić information content (AvgIpc) is 2.72. The van der Waals surface area contributed by atoms with Crippen molar-refractivity contribution in [2.45, 2.75) is 104 Å².